The molecule has 2 aromatic rings. The molecule has 1 aliphatic rings. The van der Waals surface area contributed by atoms with Crippen molar-refractivity contribution < 1.29 is 32.5 Å². The standard InChI is InChI=1S/C26H39N4O7PS/c1-9-37-38(34)21-15-18(30(17(4)31)39(8,35)36)10-11-19(21)27-24(28-38)22-23(32)20(14-16(2)3)29(25(22)33)13-12-26(5,6)7/h10-11,15-16,32-33H,9,12-14H2,1-8H3,(H,27,28,34). The van der Waals surface area contributed by atoms with E-state index in [0.29, 0.717) is 23.0 Å². The van der Waals surface area contributed by atoms with E-state index < -0.39 is 23.5 Å². The van der Waals surface area contributed by atoms with Crippen LogP contribution in [0, 0.1) is 11.3 Å². The fourth-order valence-corrected chi connectivity index (χ4v) is 7.22. The number of sulfonamides is 1. The molecular formula is C26H39N4O7PS. The van der Waals surface area contributed by atoms with E-state index in [2.05, 4.69) is 30.9 Å². The lowest BCUT2D eigenvalue weighted by molar-refractivity contribution is -0.115. The lowest BCUT2D eigenvalue weighted by Crippen LogP contribution is -2.35. The van der Waals surface area contributed by atoms with Crippen LogP contribution in [0.1, 0.15) is 66.1 Å². The van der Waals surface area contributed by atoms with Crippen molar-refractivity contribution in [3.63, 3.8) is 0 Å². The molecule has 0 fully saturated rings. The van der Waals surface area contributed by atoms with Crippen LogP contribution in [0.5, 0.6) is 11.6 Å². The zero-order valence-corrected chi connectivity index (χ0v) is 25.5. The minimum atomic E-state index is -4.03. The van der Waals surface area contributed by atoms with Gasteiger partial charge in [0.1, 0.15) is 5.56 Å². The molecular weight excluding hydrogens is 543 g/mol. The van der Waals surface area contributed by atoms with Gasteiger partial charge in [-0.1, -0.05) is 34.6 Å². The van der Waals surface area contributed by atoms with Gasteiger partial charge in [-0.3, -0.25) is 9.36 Å². The number of nitrogens with one attached hydrogen (secondary N) is 1. The maximum absolute atomic E-state index is 14.1. The second-order valence-corrected chi connectivity index (χ2v) is 15.1. The maximum atomic E-state index is 14.1. The molecule has 0 saturated heterocycles. The van der Waals surface area contributed by atoms with Crippen molar-refractivity contribution in [1.29, 1.82) is 0 Å². The Morgan fingerprint density at radius 2 is 1.90 bits per heavy atom. The Kier molecular flexibility index (Phi) is 8.65. The Balaban J connectivity index is 2.20. The van der Waals surface area contributed by atoms with Crippen molar-refractivity contribution >= 4 is 46.0 Å². The summed E-state index contributed by atoms with van der Waals surface area (Å²) in [6.07, 6.45) is 2.12. The number of amides is 1. The Morgan fingerprint density at radius 1 is 1.26 bits per heavy atom. The molecule has 0 aliphatic carbocycles. The normalized spacial score (nSPS) is 17.5. The second kappa shape index (κ2) is 11.0. The maximum Gasteiger partial charge on any atom is 0.348 e. The molecule has 11 nitrogen and oxygen atoms in total. The van der Waals surface area contributed by atoms with Crippen molar-refractivity contribution in [3.05, 3.63) is 29.5 Å². The van der Waals surface area contributed by atoms with Gasteiger partial charge in [0.2, 0.25) is 21.8 Å². The van der Waals surface area contributed by atoms with Crippen LogP contribution >= 0.6 is 7.52 Å². The third-order valence-electron chi connectivity index (χ3n) is 6.17. The average Bonchev–Trinajstić information content (AvgIpc) is 2.99. The highest BCUT2D eigenvalue weighted by molar-refractivity contribution is 7.92. The molecule has 1 unspecified atom stereocenters. The molecule has 2 heterocycles. The average molecular weight is 583 g/mol. The van der Waals surface area contributed by atoms with Crippen LogP contribution in [-0.4, -0.2) is 47.8 Å². The minimum absolute atomic E-state index is 0.00992. The Bertz CT molecular complexity index is 1460. The highest BCUT2D eigenvalue weighted by atomic mass is 32.2. The van der Waals surface area contributed by atoms with Crippen LogP contribution in [-0.2, 0) is 36.9 Å². The number of aromatic nitrogens is 1. The van der Waals surface area contributed by atoms with Crippen LogP contribution < -0.4 is 14.9 Å². The molecule has 3 N–H and O–H groups in total. The molecule has 1 atom stereocenters. The number of rotatable bonds is 9. The van der Waals surface area contributed by atoms with Crippen LogP contribution in [0.3, 0.4) is 0 Å². The molecule has 39 heavy (non-hydrogen) atoms. The number of anilines is 2. The molecule has 0 bridgehead atoms. The van der Waals surface area contributed by atoms with Crippen LogP contribution in [0.15, 0.2) is 23.0 Å². The lowest BCUT2D eigenvalue weighted by Gasteiger charge is -2.27. The van der Waals surface area contributed by atoms with Gasteiger partial charge in [0.25, 0.3) is 0 Å². The summed E-state index contributed by atoms with van der Waals surface area (Å²) < 4.78 is 50.9. The van der Waals surface area contributed by atoms with E-state index in [0.717, 1.165) is 19.6 Å². The number of nitrogens with zero attached hydrogens (tertiary/aromatic N) is 3. The third-order valence-corrected chi connectivity index (χ3v) is 9.35. The van der Waals surface area contributed by atoms with E-state index in [1.54, 1.807) is 11.5 Å². The zero-order chi connectivity index (χ0) is 29.5. The van der Waals surface area contributed by atoms with Gasteiger partial charge in [-0.15, -0.1) is 0 Å². The minimum Gasteiger partial charge on any atom is -0.505 e. The van der Waals surface area contributed by atoms with Gasteiger partial charge in [-0.2, -0.15) is 4.76 Å². The second-order valence-electron chi connectivity index (χ2n) is 11.3. The Morgan fingerprint density at radius 3 is 2.41 bits per heavy atom. The summed E-state index contributed by atoms with van der Waals surface area (Å²) in [6, 6.07) is 4.15. The van der Waals surface area contributed by atoms with E-state index in [1.807, 2.05) is 13.8 Å². The highest BCUT2D eigenvalue weighted by Gasteiger charge is 2.38. The quantitative estimate of drug-likeness (QED) is 0.364. The molecule has 0 saturated carbocycles. The number of amidine groups is 1. The predicted octanol–water partition coefficient (Wildman–Crippen LogP) is 4.57. The van der Waals surface area contributed by atoms with Crippen molar-refractivity contribution in [2.75, 3.05) is 22.5 Å². The predicted molar refractivity (Wildman–Crippen MR) is 154 cm³/mol. The van der Waals surface area contributed by atoms with E-state index in [4.69, 9.17) is 4.52 Å². The first-order valence-electron chi connectivity index (χ1n) is 12.8. The van der Waals surface area contributed by atoms with Crippen LogP contribution in [0.25, 0.3) is 0 Å². The zero-order valence-electron chi connectivity index (χ0n) is 23.8. The van der Waals surface area contributed by atoms with Gasteiger partial charge in [0.15, 0.2) is 11.6 Å². The summed E-state index contributed by atoms with van der Waals surface area (Å²) in [5, 5.41) is 25.7. The van der Waals surface area contributed by atoms with E-state index in [-0.39, 0.29) is 57.6 Å². The van der Waals surface area contributed by atoms with Crippen LogP contribution in [0.4, 0.5) is 11.4 Å². The molecule has 1 amide bonds. The summed E-state index contributed by atoms with van der Waals surface area (Å²) in [5.74, 6) is -0.958. The van der Waals surface area contributed by atoms with Crippen molar-refractivity contribution in [2.45, 2.75) is 67.9 Å². The topological polar surface area (TPSA) is 151 Å². The van der Waals surface area contributed by atoms with Gasteiger partial charge >= 0.3 is 7.52 Å². The molecule has 0 radical (unpaired) electrons. The van der Waals surface area contributed by atoms with E-state index >= 15 is 0 Å². The summed E-state index contributed by atoms with van der Waals surface area (Å²) in [7, 11) is -7.99. The summed E-state index contributed by atoms with van der Waals surface area (Å²) >= 11 is 0. The molecule has 3 rings (SSSR count). The van der Waals surface area contributed by atoms with E-state index in [9.17, 15) is 28.0 Å². The van der Waals surface area contributed by atoms with Crippen molar-refractivity contribution in [2.24, 2.45) is 16.1 Å². The summed E-state index contributed by atoms with van der Waals surface area (Å²) in [6.45, 7) is 13.5. The van der Waals surface area contributed by atoms with Crippen LogP contribution in [0.2, 0.25) is 0 Å². The van der Waals surface area contributed by atoms with Gasteiger partial charge in [-0.25, -0.2) is 12.7 Å². The molecule has 0 spiro atoms. The van der Waals surface area contributed by atoms with Gasteiger partial charge in [0.05, 0.1) is 35.2 Å². The first kappa shape index (κ1) is 30.7. The van der Waals surface area contributed by atoms with Gasteiger partial charge in [-0.05, 0) is 49.3 Å². The monoisotopic (exact) mass is 582 g/mol. The molecule has 13 heteroatoms. The SMILES string of the molecule is CCOP1(=O)N=C(c2c(O)c(CC(C)C)n(CCC(C)(C)C)c2O)Nc2ccc(N(C(C)=O)S(C)(=O)=O)cc21. The number of aromatic hydroxyl groups is 2. The number of hydrogen-bond acceptors (Lipinski definition) is 8. The molecule has 216 valence electrons. The number of carbonyl (C=O) groups excluding carboxylic acids is 1. The third kappa shape index (κ3) is 6.50. The number of carbonyl (C=O) groups is 1. The Labute approximate surface area is 230 Å². The lowest BCUT2D eigenvalue weighted by atomic mass is 9.92. The van der Waals surface area contributed by atoms with Gasteiger partial charge < -0.3 is 24.6 Å². The molecule has 1 aromatic heterocycles. The van der Waals surface area contributed by atoms with Crippen molar-refractivity contribution in [1.82, 2.24) is 4.57 Å². The highest BCUT2D eigenvalue weighted by Crippen LogP contribution is 2.53. The largest absolute Gasteiger partial charge is 0.505 e. The smallest absolute Gasteiger partial charge is 0.348 e. The fourth-order valence-electron chi connectivity index (χ4n) is 4.46. The molecule has 1 aliphatic heterocycles. The number of hydrogen-bond donors (Lipinski definition) is 3. The Hall–Kier alpha value is -2.82. The number of benzene rings is 1. The van der Waals surface area contributed by atoms with Gasteiger partial charge in [0, 0.05) is 13.5 Å². The summed E-state index contributed by atoms with van der Waals surface area (Å²) in [4.78, 5) is 12.1. The molecule has 1 aromatic carbocycles. The van der Waals surface area contributed by atoms with E-state index in [1.165, 1.54) is 18.2 Å². The van der Waals surface area contributed by atoms with Crippen molar-refractivity contribution in [3.8, 4) is 11.6 Å². The first-order valence-corrected chi connectivity index (χ1v) is 16.2. The first-order chi connectivity index (χ1) is 17.9. The summed E-state index contributed by atoms with van der Waals surface area (Å²) in [5.41, 5.74) is 0.801. The number of fused-ring (bicyclic) bond motifs is 1. The fraction of sp³-hybridized carbons (Fsp3) is 0.538.